The molecule has 0 radical (unpaired) electrons. The zero-order valence-corrected chi connectivity index (χ0v) is 15.1. The summed E-state index contributed by atoms with van der Waals surface area (Å²) in [5, 5.41) is 3.93. The van der Waals surface area contributed by atoms with Gasteiger partial charge >= 0.3 is 0 Å². The molecule has 0 spiro atoms. The highest BCUT2D eigenvalue weighted by Crippen LogP contribution is 2.41. The van der Waals surface area contributed by atoms with Crippen LogP contribution in [0.5, 0.6) is 17.2 Å². The molecule has 1 aliphatic heterocycles. The third kappa shape index (κ3) is 4.33. The number of hydrogen-bond donors (Lipinski definition) is 1. The fourth-order valence-electron chi connectivity index (χ4n) is 2.75. The van der Waals surface area contributed by atoms with E-state index in [4.69, 9.17) is 14.2 Å². The highest BCUT2D eigenvalue weighted by Gasteiger charge is 2.32. The highest BCUT2D eigenvalue weighted by atomic mass is 16.5. The third-order valence-corrected chi connectivity index (χ3v) is 3.93. The van der Waals surface area contributed by atoms with E-state index in [0.29, 0.717) is 11.5 Å². The van der Waals surface area contributed by atoms with Gasteiger partial charge in [0.25, 0.3) is 5.91 Å². The van der Waals surface area contributed by atoms with Crippen molar-refractivity contribution in [3.63, 3.8) is 0 Å². The molecule has 1 N–H and O–H groups in total. The monoisotopic (exact) mass is 354 g/mol. The van der Waals surface area contributed by atoms with Gasteiger partial charge in [-0.1, -0.05) is 12.1 Å². The summed E-state index contributed by atoms with van der Waals surface area (Å²) in [6.07, 6.45) is 2.38. The lowest BCUT2D eigenvalue weighted by Gasteiger charge is -2.18. The van der Waals surface area contributed by atoms with Crippen LogP contribution in [-0.4, -0.2) is 31.4 Å². The Hall–Kier alpha value is -3.02. The van der Waals surface area contributed by atoms with Crippen molar-refractivity contribution in [1.82, 2.24) is 5.43 Å². The number of fused-ring (bicyclic) bond motifs is 1. The summed E-state index contributed by atoms with van der Waals surface area (Å²) in [5.74, 6) is 1.71. The molecular weight excluding hydrogens is 332 g/mol. The summed E-state index contributed by atoms with van der Waals surface area (Å²) in [4.78, 5) is 11.9. The topological polar surface area (TPSA) is 69.2 Å². The Morgan fingerprint density at radius 2 is 2.04 bits per heavy atom. The molecular formula is C20H22N2O4. The van der Waals surface area contributed by atoms with Crippen LogP contribution in [-0.2, 0) is 11.2 Å². The van der Waals surface area contributed by atoms with Gasteiger partial charge in [0.1, 0.15) is 11.4 Å². The number of amides is 1. The van der Waals surface area contributed by atoms with Crippen LogP contribution in [0.2, 0.25) is 0 Å². The first-order valence-electron chi connectivity index (χ1n) is 8.36. The minimum Gasteiger partial charge on any atom is -0.497 e. The molecule has 3 rings (SSSR count). The van der Waals surface area contributed by atoms with Crippen molar-refractivity contribution in [2.45, 2.75) is 25.9 Å². The number of carbonyl (C=O) groups excluding carboxylic acids is 1. The number of carbonyl (C=O) groups is 1. The molecule has 0 fully saturated rings. The van der Waals surface area contributed by atoms with Gasteiger partial charge in [0, 0.05) is 12.0 Å². The second-order valence-electron chi connectivity index (χ2n) is 6.64. The Bertz CT molecular complexity index is 813. The van der Waals surface area contributed by atoms with E-state index >= 15 is 0 Å². The number of rotatable bonds is 6. The number of ether oxygens (including phenoxy) is 3. The van der Waals surface area contributed by atoms with E-state index in [2.05, 4.69) is 10.5 Å². The van der Waals surface area contributed by atoms with Crippen LogP contribution in [0.1, 0.15) is 25.0 Å². The van der Waals surface area contributed by atoms with Gasteiger partial charge in [0.2, 0.25) is 0 Å². The number of hydrazone groups is 1. The Kier molecular flexibility index (Phi) is 5.11. The van der Waals surface area contributed by atoms with Gasteiger partial charge in [-0.15, -0.1) is 0 Å². The maximum atomic E-state index is 11.9. The lowest BCUT2D eigenvalue weighted by molar-refractivity contribution is -0.123. The minimum atomic E-state index is -0.343. The molecule has 0 saturated carbocycles. The van der Waals surface area contributed by atoms with Crippen LogP contribution in [0, 0.1) is 0 Å². The van der Waals surface area contributed by atoms with Crippen molar-refractivity contribution in [3.05, 3.63) is 53.6 Å². The summed E-state index contributed by atoms with van der Waals surface area (Å²) in [6, 6.07) is 13.0. The van der Waals surface area contributed by atoms with Crippen molar-refractivity contribution in [2.24, 2.45) is 5.10 Å². The van der Waals surface area contributed by atoms with E-state index in [0.717, 1.165) is 23.3 Å². The summed E-state index contributed by atoms with van der Waals surface area (Å²) < 4.78 is 16.6. The highest BCUT2D eigenvalue weighted by molar-refractivity contribution is 5.83. The first-order chi connectivity index (χ1) is 12.5. The molecule has 0 saturated heterocycles. The lowest BCUT2D eigenvalue weighted by Crippen LogP contribution is -2.26. The second kappa shape index (κ2) is 7.47. The van der Waals surface area contributed by atoms with Gasteiger partial charge < -0.3 is 14.2 Å². The predicted octanol–water partition coefficient (Wildman–Crippen LogP) is 2.94. The molecule has 2 aromatic carbocycles. The quantitative estimate of drug-likeness (QED) is 0.640. The molecule has 0 bridgehead atoms. The Balaban J connectivity index is 1.52. The summed E-state index contributed by atoms with van der Waals surface area (Å²) >= 11 is 0. The molecule has 0 atom stereocenters. The maximum absolute atomic E-state index is 11.9. The fourth-order valence-corrected chi connectivity index (χ4v) is 2.75. The average Bonchev–Trinajstić information content (AvgIpc) is 2.95. The lowest BCUT2D eigenvalue weighted by atomic mass is 10.0. The van der Waals surface area contributed by atoms with Crippen LogP contribution in [0.4, 0.5) is 0 Å². The number of benzene rings is 2. The van der Waals surface area contributed by atoms with E-state index in [9.17, 15) is 4.79 Å². The standard InChI is InChI=1S/C20H22N2O4/c1-20(2)11-15-5-4-6-17(19(15)26-20)25-13-18(23)22-21-12-14-7-9-16(24-3)10-8-14/h4-10,12H,11,13H2,1-3H3,(H,22,23)/b21-12+. The Labute approximate surface area is 152 Å². The van der Waals surface area contributed by atoms with Crippen LogP contribution in [0.25, 0.3) is 0 Å². The van der Waals surface area contributed by atoms with Crippen LogP contribution < -0.4 is 19.6 Å². The van der Waals surface area contributed by atoms with E-state index in [1.165, 1.54) is 0 Å². The molecule has 1 heterocycles. The van der Waals surface area contributed by atoms with Gasteiger partial charge in [-0.2, -0.15) is 5.10 Å². The minimum absolute atomic E-state index is 0.139. The molecule has 26 heavy (non-hydrogen) atoms. The summed E-state index contributed by atoms with van der Waals surface area (Å²) in [6.45, 7) is 3.91. The number of para-hydroxylation sites is 1. The van der Waals surface area contributed by atoms with Crippen molar-refractivity contribution < 1.29 is 19.0 Å². The smallest absolute Gasteiger partial charge is 0.277 e. The fraction of sp³-hybridized carbons (Fsp3) is 0.300. The maximum Gasteiger partial charge on any atom is 0.277 e. The summed E-state index contributed by atoms with van der Waals surface area (Å²) in [7, 11) is 1.61. The van der Waals surface area contributed by atoms with Gasteiger partial charge in [0.15, 0.2) is 18.1 Å². The number of methoxy groups -OCH3 is 1. The second-order valence-corrected chi connectivity index (χ2v) is 6.64. The van der Waals surface area contributed by atoms with Crippen molar-refractivity contribution in [1.29, 1.82) is 0 Å². The number of hydrogen-bond acceptors (Lipinski definition) is 5. The van der Waals surface area contributed by atoms with Crippen LogP contribution in [0.15, 0.2) is 47.6 Å². The zero-order valence-electron chi connectivity index (χ0n) is 15.1. The van der Waals surface area contributed by atoms with E-state index in [-0.39, 0.29) is 18.1 Å². The van der Waals surface area contributed by atoms with Gasteiger partial charge in [0.05, 0.1) is 13.3 Å². The first kappa shape index (κ1) is 17.8. The van der Waals surface area contributed by atoms with Gasteiger partial charge in [-0.3, -0.25) is 4.79 Å². The molecule has 0 aliphatic carbocycles. The normalized spacial score (nSPS) is 14.6. The van der Waals surface area contributed by atoms with Gasteiger partial charge in [-0.05, 0) is 49.7 Å². The van der Waals surface area contributed by atoms with Crippen LogP contribution in [0.3, 0.4) is 0 Å². The molecule has 0 aromatic heterocycles. The molecule has 1 aliphatic rings. The molecule has 136 valence electrons. The van der Waals surface area contributed by atoms with Gasteiger partial charge in [-0.25, -0.2) is 5.43 Å². The largest absolute Gasteiger partial charge is 0.497 e. The zero-order chi connectivity index (χ0) is 18.6. The van der Waals surface area contributed by atoms with E-state index in [1.54, 1.807) is 19.4 Å². The van der Waals surface area contributed by atoms with Crippen molar-refractivity contribution >= 4 is 12.1 Å². The molecule has 0 unspecified atom stereocenters. The van der Waals surface area contributed by atoms with Crippen molar-refractivity contribution in [3.8, 4) is 17.2 Å². The molecule has 6 heteroatoms. The van der Waals surface area contributed by atoms with E-state index in [1.807, 2.05) is 50.2 Å². The molecule has 1 amide bonds. The average molecular weight is 354 g/mol. The number of nitrogens with zero attached hydrogens (tertiary/aromatic N) is 1. The predicted molar refractivity (Wildman–Crippen MR) is 99.1 cm³/mol. The Morgan fingerprint density at radius 3 is 2.77 bits per heavy atom. The van der Waals surface area contributed by atoms with Crippen molar-refractivity contribution in [2.75, 3.05) is 13.7 Å². The summed E-state index contributed by atoms with van der Waals surface area (Å²) in [5.41, 5.74) is 4.13. The molecule has 2 aromatic rings. The SMILES string of the molecule is COc1ccc(/C=N/NC(=O)COc2cccc3c2OC(C)(C)C3)cc1. The third-order valence-electron chi connectivity index (χ3n) is 3.93. The molecule has 6 nitrogen and oxygen atoms in total. The Morgan fingerprint density at radius 1 is 1.27 bits per heavy atom. The number of nitrogens with one attached hydrogen (secondary N) is 1. The first-order valence-corrected chi connectivity index (χ1v) is 8.36. The van der Waals surface area contributed by atoms with E-state index < -0.39 is 0 Å². The van der Waals surface area contributed by atoms with Crippen LogP contribution >= 0.6 is 0 Å².